The Morgan fingerprint density at radius 1 is 1.19 bits per heavy atom. The summed E-state index contributed by atoms with van der Waals surface area (Å²) in [5.74, 6) is 2.49. The molecule has 2 aromatic rings. The molecular weight excluding hydrogens is 402 g/mol. The molecule has 7 nitrogen and oxygen atoms in total. The van der Waals surface area contributed by atoms with Crippen LogP contribution in [0, 0.1) is 0 Å². The predicted molar refractivity (Wildman–Crippen MR) is 126 cm³/mol. The zero-order chi connectivity index (χ0) is 21.9. The van der Waals surface area contributed by atoms with Crippen LogP contribution in [0.25, 0.3) is 0 Å². The normalized spacial score (nSPS) is 20.8. The van der Waals surface area contributed by atoms with E-state index in [9.17, 15) is 0 Å². The fourth-order valence-electron chi connectivity index (χ4n) is 4.30. The molecule has 0 amide bonds. The second kappa shape index (κ2) is 8.96. The molecule has 3 aliphatic heterocycles. The summed E-state index contributed by atoms with van der Waals surface area (Å²) < 4.78 is 13.8. The van der Waals surface area contributed by atoms with Gasteiger partial charge < -0.3 is 19.7 Å². The zero-order valence-corrected chi connectivity index (χ0v) is 18.4. The first-order valence-corrected chi connectivity index (χ1v) is 10.9. The SMILES string of the molecule is COc1cc2c(cc1OCc1ccccc1)CCNC2CN(C)C1=NC2N=CC=C[N+]2=C1. The standard InChI is InChI=1S/C25H28N5O2/c1-29(24-16-30-12-6-10-27-25(30)28-24)15-21-20-14-22(31-2)23(13-19(20)9-11-26-21)32-17-18-7-4-3-5-8-18/h3-8,10,12-14,16,21,25-26H,9,11,15,17H2,1-2H3/q+1. The lowest BCUT2D eigenvalue weighted by Crippen LogP contribution is -2.40. The lowest BCUT2D eigenvalue weighted by Gasteiger charge is -2.31. The summed E-state index contributed by atoms with van der Waals surface area (Å²) >= 11 is 0. The maximum Gasteiger partial charge on any atom is 0.353 e. The maximum absolute atomic E-state index is 6.13. The van der Waals surface area contributed by atoms with E-state index in [0.717, 1.165) is 42.4 Å². The van der Waals surface area contributed by atoms with Crippen LogP contribution in [0.3, 0.4) is 0 Å². The summed E-state index contributed by atoms with van der Waals surface area (Å²) in [6.07, 6.45) is 8.55. The second-order valence-electron chi connectivity index (χ2n) is 8.16. The molecule has 0 saturated carbocycles. The van der Waals surface area contributed by atoms with Gasteiger partial charge >= 0.3 is 6.29 Å². The number of rotatable bonds is 6. The molecule has 0 aromatic heterocycles. The van der Waals surface area contributed by atoms with Crippen molar-refractivity contribution in [2.75, 3.05) is 27.2 Å². The number of methoxy groups -OCH3 is 1. The lowest BCUT2D eigenvalue weighted by molar-refractivity contribution is -0.487. The molecule has 0 saturated heterocycles. The second-order valence-corrected chi connectivity index (χ2v) is 8.16. The fraction of sp³-hybridized carbons (Fsp3) is 0.320. The molecule has 3 aliphatic rings. The van der Waals surface area contributed by atoms with Crippen molar-refractivity contribution in [2.24, 2.45) is 9.98 Å². The minimum Gasteiger partial charge on any atom is -0.493 e. The number of likely N-dealkylation sites (N-methyl/N-ethyl adjacent to an activating group) is 1. The molecule has 0 radical (unpaired) electrons. The van der Waals surface area contributed by atoms with Crippen molar-refractivity contribution in [1.82, 2.24) is 10.2 Å². The van der Waals surface area contributed by atoms with Gasteiger partial charge in [-0.1, -0.05) is 30.3 Å². The van der Waals surface area contributed by atoms with Gasteiger partial charge in [0.2, 0.25) is 6.21 Å². The Bertz CT molecular complexity index is 1110. The van der Waals surface area contributed by atoms with Crippen LogP contribution in [-0.4, -0.2) is 61.3 Å². The average Bonchev–Trinajstić information content (AvgIpc) is 3.27. The number of allylic oxidation sites excluding steroid dienone is 1. The Kier molecular flexibility index (Phi) is 5.73. The minimum atomic E-state index is -0.173. The van der Waals surface area contributed by atoms with Gasteiger partial charge in [-0.15, -0.1) is 0 Å². The first-order valence-electron chi connectivity index (χ1n) is 10.9. The monoisotopic (exact) mass is 430 g/mol. The molecule has 0 bridgehead atoms. The third-order valence-electron chi connectivity index (χ3n) is 6.01. The summed E-state index contributed by atoms with van der Waals surface area (Å²) in [7, 11) is 3.77. The number of nitrogens with one attached hydrogen (secondary N) is 1. The topological polar surface area (TPSA) is 61.5 Å². The summed E-state index contributed by atoms with van der Waals surface area (Å²) in [4.78, 5) is 11.3. The number of amidine groups is 1. The molecule has 32 heavy (non-hydrogen) atoms. The Morgan fingerprint density at radius 3 is 2.88 bits per heavy atom. The van der Waals surface area contributed by atoms with Crippen LogP contribution in [0.4, 0.5) is 0 Å². The highest BCUT2D eigenvalue weighted by molar-refractivity contribution is 6.28. The first kappa shape index (κ1) is 20.5. The van der Waals surface area contributed by atoms with Crippen molar-refractivity contribution < 1.29 is 14.0 Å². The van der Waals surface area contributed by atoms with Gasteiger partial charge in [-0.2, -0.15) is 9.57 Å². The molecule has 5 rings (SSSR count). The van der Waals surface area contributed by atoms with Crippen molar-refractivity contribution in [3.05, 3.63) is 71.4 Å². The molecule has 2 aromatic carbocycles. The Balaban J connectivity index is 1.33. The van der Waals surface area contributed by atoms with Crippen molar-refractivity contribution >= 4 is 18.3 Å². The van der Waals surface area contributed by atoms with E-state index < -0.39 is 0 Å². The lowest BCUT2D eigenvalue weighted by atomic mass is 9.93. The first-order chi connectivity index (χ1) is 15.7. The maximum atomic E-state index is 6.13. The van der Waals surface area contributed by atoms with Gasteiger partial charge in [-0.3, -0.25) is 0 Å². The molecule has 0 aliphatic carbocycles. The van der Waals surface area contributed by atoms with E-state index in [4.69, 9.17) is 14.5 Å². The number of benzene rings is 2. The van der Waals surface area contributed by atoms with Gasteiger partial charge in [-0.25, -0.2) is 4.99 Å². The number of aliphatic imine (C=N–C) groups is 2. The van der Waals surface area contributed by atoms with Crippen LogP contribution < -0.4 is 14.8 Å². The van der Waals surface area contributed by atoms with E-state index in [0.29, 0.717) is 6.61 Å². The van der Waals surface area contributed by atoms with Crippen LogP contribution in [0.5, 0.6) is 11.5 Å². The third kappa shape index (κ3) is 4.16. The average molecular weight is 431 g/mol. The van der Waals surface area contributed by atoms with Crippen LogP contribution >= 0.6 is 0 Å². The predicted octanol–water partition coefficient (Wildman–Crippen LogP) is 2.77. The summed E-state index contributed by atoms with van der Waals surface area (Å²) in [5, 5.41) is 3.66. The summed E-state index contributed by atoms with van der Waals surface area (Å²) in [6, 6.07) is 14.6. The summed E-state index contributed by atoms with van der Waals surface area (Å²) in [6.45, 7) is 2.24. The largest absolute Gasteiger partial charge is 0.493 e. The molecule has 3 heterocycles. The Hall–Kier alpha value is -3.45. The van der Waals surface area contributed by atoms with Crippen molar-refractivity contribution in [2.45, 2.75) is 25.4 Å². The van der Waals surface area contributed by atoms with Crippen molar-refractivity contribution in [3.8, 4) is 11.5 Å². The van der Waals surface area contributed by atoms with E-state index in [1.54, 1.807) is 13.3 Å². The highest BCUT2D eigenvalue weighted by atomic mass is 16.5. The highest BCUT2D eigenvalue weighted by Gasteiger charge is 2.30. The van der Waals surface area contributed by atoms with Crippen LogP contribution in [0.2, 0.25) is 0 Å². The van der Waals surface area contributed by atoms with Crippen LogP contribution in [0.1, 0.15) is 22.7 Å². The molecule has 7 heteroatoms. The van der Waals surface area contributed by atoms with E-state index in [2.05, 4.69) is 46.5 Å². The molecule has 1 N–H and O–H groups in total. The van der Waals surface area contributed by atoms with Gasteiger partial charge in [0.25, 0.3) is 0 Å². The highest BCUT2D eigenvalue weighted by Crippen LogP contribution is 2.36. The Morgan fingerprint density at radius 2 is 2.06 bits per heavy atom. The number of ether oxygens (including phenoxy) is 2. The molecule has 2 atom stereocenters. The number of nitrogens with zero attached hydrogens (tertiary/aromatic N) is 4. The van der Waals surface area contributed by atoms with Crippen LogP contribution in [0.15, 0.2) is 64.7 Å². The van der Waals surface area contributed by atoms with Gasteiger partial charge in [0.15, 0.2) is 23.5 Å². The third-order valence-corrected chi connectivity index (χ3v) is 6.01. The minimum absolute atomic E-state index is 0.173. The fourth-order valence-corrected chi connectivity index (χ4v) is 4.30. The van der Waals surface area contributed by atoms with Gasteiger partial charge in [0, 0.05) is 25.9 Å². The van der Waals surface area contributed by atoms with E-state index in [1.165, 1.54) is 11.1 Å². The van der Waals surface area contributed by atoms with Crippen molar-refractivity contribution in [1.29, 1.82) is 0 Å². The smallest absolute Gasteiger partial charge is 0.353 e. The Labute approximate surface area is 188 Å². The number of hydrogen-bond donors (Lipinski definition) is 1. The molecular formula is C25H28N5O2+. The van der Waals surface area contributed by atoms with Gasteiger partial charge in [0.05, 0.1) is 13.2 Å². The van der Waals surface area contributed by atoms with E-state index in [1.807, 2.05) is 41.3 Å². The molecule has 0 spiro atoms. The number of hydrogen-bond acceptors (Lipinski definition) is 6. The summed E-state index contributed by atoms with van der Waals surface area (Å²) in [5.41, 5.74) is 3.69. The molecule has 2 unspecified atom stereocenters. The quantitative estimate of drug-likeness (QED) is 0.716. The van der Waals surface area contributed by atoms with E-state index >= 15 is 0 Å². The van der Waals surface area contributed by atoms with E-state index in [-0.39, 0.29) is 12.3 Å². The molecule has 164 valence electrons. The van der Waals surface area contributed by atoms with Gasteiger partial charge in [0.1, 0.15) is 6.61 Å². The van der Waals surface area contributed by atoms with Crippen LogP contribution in [-0.2, 0) is 13.0 Å². The number of fused-ring (bicyclic) bond motifs is 2. The van der Waals surface area contributed by atoms with Gasteiger partial charge in [-0.05, 0) is 41.8 Å². The van der Waals surface area contributed by atoms with Crippen molar-refractivity contribution in [3.63, 3.8) is 0 Å². The zero-order valence-electron chi connectivity index (χ0n) is 18.4. The molecule has 0 fully saturated rings.